The van der Waals surface area contributed by atoms with Crippen LogP contribution in [0.3, 0.4) is 0 Å². The Morgan fingerprint density at radius 2 is 1.79 bits per heavy atom. The standard InChI is InChI=1S/C21H27N3O3S/c1-16-10-11-19(23-17(2)25)14-21(16)28(26,27)22-15-20(24-12-6-7-13-24)18-8-4-3-5-9-18/h3-5,8-11,14,20,22H,6-7,12-13,15H2,1-2H3,(H,23,25)/t20-/m0/s1. The summed E-state index contributed by atoms with van der Waals surface area (Å²) in [7, 11) is -3.71. The molecule has 6 nitrogen and oxygen atoms in total. The molecule has 1 heterocycles. The first kappa shape index (κ1) is 20.5. The Balaban J connectivity index is 1.81. The first-order valence-electron chi connectivity index (χ1n) is 9.54. The number of hydrogen-bond acceptors (Lipinski definition) is 4. The van der Waals surface area contributed by atoms with Crippen LogP contribution in [0.25, 0.3) is 0 Å². The zero-order chi connectivity index (χ0) is 20.1. The molecule has 3 rings (SSSR count). The summed E-state index contributed by atoms with van der Waals surface area (Å²) in [4.78, 5) is 13.8. The van der Waals surface area contributed by atoms with Crippen LogP contribution >= 0.6 is 0 Å². The van der Waals surface area contributed by atoms with Crippen LogP contribution in [0.1, 0.15) is 36.9 Å². The van der Waals surface area contributed by atoms with Crippen LogP contribution in [-0.2, 0) is 14.8 Å². The van der Waals surface area contributed by atoms with Gasteiger partial charge in [-0.1, -0.05) is 36.4 Å². The van der Waals surface area contributed by atoms with Crippen molar-refractivity contribution in [2.75, 3.05) is 25.0 Å². The van der Waals surface area contributed by atoms with Gasteiger partial charge in [-0.2, -0.15) is 0 Å². The minimum atomic E-state index is -3.71. The number of hydrogen-bond donors (Lipinski definition) is 2. The topological polar surface area (TPSA) is 78.5 Å². The molecule has 150 valence electrons. The van der Waals surface area contributed by atoms with Crippen molar-refractivity contribution in [3.8, 4) is 0 Å². The van der Waals surface area contributed by atoms with E-state index in [1.807, 2.05) is 30.3 Å². The van der Waals surface area contributed by atoms with Crippen LogP contribution in [-0.4, -0.2) is 38.9 Å². The number of sulfonamides is 1. The number of likely N-dealkylation sites (tertiary alicyclic amines) is 1. The average molecular weight is 402 g/mol. The lowest BCUT2D eigenvalue weighted by Crippen LogP contribution is -2.37. The maximum absolute atomic E-state index is 13.0. The maximum atomic E-state index is 13.0. The van der Waals surface area contributed by atoms with Gasteiger partial charge < -0.3 is 5.32 Å². The molecule has 0 spiro atoms. The van der Waals surface area contributed by atoms with Crippen molar-refractivity contribution in [1.82, 2.24) is 9.62 Å². The van der Waals surface area contributed by atoms with Crippen molar-refractivity contribution >= 4 is 21.6 Å². The number of nitrogens with zero attached hydrogens (tertiary/aromatic N) is 1. The van der Waals surface area contributed by atoms with Gasteiger partial charge in [0.2, 0.25) is 15.9 Å². The molecule has 2 aromatic rings. The summed E-state index contributed by atoms with van der Waals surface area (Å²) in [6.45, 7) is 5.39. The summed E-state index contributed by atoms with van der Waals surface area (Å²) in [6.07, 6.45) is 2.27. The van der Waals surface area contributed by atoms with Crippen molar-refractivity contribution in [2.24, 2.45) is 0 Å². The molecule has 0 radical (unpaired) electrons. The van der Waals surface area contributed by atoms with E-state index in [2.05, 4.69) is 14.9 Å². The molecule has 0 aliphatic carbocycles. The number of rotatable bonds is 7. The molecule has 1 amide bonds. The number of aryl methyl sites for hydroxylation is 1. The van der Waals surface area contributed by atoms with Gasteiger partial charge in [-0.25, -0.2) is 13.1 Å². The molecule has 1 atom stereocenters. The molecule has 1 saturated heterocycles. The van der Waals surface area contributed by atoms with E-state index in [-0.39, 0.29) is 16.8 Å². The van der Waals surface area contributed by atoms with E-state index >= 15 is 0 Å². The van der Waals surface area contributed by atoms with Crippen molar-refractivity contribution in [3.05, 3.63) is 59.7 Å². The molecule has 28 heavy (non-hydrogen) atoms. The lowest BCUT2D eigenvalue weighted by molar-refractivity contribution is -0.114. The van der Waals surface area contributed by atoms with Crippen LogP contribution < -0.4 is 10.0 Å². The predicted octanol–water partition coefficient (Wildman–Crippen LogP) is 3.07. The summed E-state index contributed by atoms with van der Waals surface area (Å²) in [5.74, 6) is -0.238. The van der Waals surface area contributed by atoms with Crippen molar-refractivity contribution in [1.29, 1.82) is 0 Å². The summed E-state index contributed by atoms with van der Waals surface area (Å²) >= 11 is 0. The highest BCUT2D eigenvalue weighted by Gasteiger charge is 2.26. The third-order valence-corrected chi connectivity index (χ3v) is 6.60. The number of benzene rings is 2. The highest BCUT2D eigenvalue weighted by molar-refractivity contribution is 7.89. The fourth-order valence-electron chi connectivity index (χ4n) is 3.62. The third kappa shape index (κ3) is 4.98. The van der Waals surface area contributed by atoms with Crippen molar-refractivity contribution < 1.29 is 13.2 Å². The zero-order valence-corrected chi connectivity index (χ0v) is 17.1. The van der Waals surface area contributed by atoms with Gasteiger partial charge in [0.1, 0.15) is 0 Å². The summed E-state index contributed by atoms with van der Waals surface area (Å²) < 4.78 is 28.8. The molecule has 0 bridgehead atoms. The largest absolute Gasteiger partial charge is 0.326 e. The fourth-order valence-corrected chi connectivity index (χ4v) is 4.93. The minimum absolute atomic E-state index is 0.00249. The molecule has 1 aliphatic rings. The van der Waals surface area contributed by atoms with Gasteiger partial charge in [0.25, 0.3) is 0 Å². The van der Waals surface area contributed by atoms with E-state index in [9.17, 15) is 13.2 Å². The number of nitrogens with one attached hydrogen (secondary N) is 2. The first-order chi connectivity index (χ1) is 13.4. The molecule has 1 fully saturated rings. The lowest BCUT2D eigenvalue weighted by Gasteiger charge is -2.28. The second kappa shape index (κ2) is 8.86. The van der Waals surface area contributed by atoms with Crippen LogP contribution in [0.15, 0.2) is 53.4 Å². The number of amides is 1. The Morgan fingerprint density at radius 3 is 2.43 bits per heavy atom. The van der Waals surface area contributed by atoms with Gasteiger partial charge in [0.15, 0.2) is 0 Å². The minimum Gasteiger partial charge on any atom is -0.326 e. The molecule has 2 aromatic carbocycles. The Kier molecular flexibility index (Phi) is 6.49. The third-order valence-electron chi connectivity index (χ3n) is 5.03. The van der Waals surface area contributed by atoms with Crippen LogP contribution in [0.5, 0.6) is 0 Å². The average Bonchev–Trinajstić information content (AvgIpc) is 3.18. The number of carbonyl (C=O) groups is 1. The summed E-state index contributed by atoms with van der Waals surface area (Å²) in [5, 5.41) is 2.64. The molecular weight excluding hydrogens is 374 g/mol. The molecule has 1 aliphatic heterocycles. The molecule has 0 aromatic heterocycles. The van der Waals surface area contributed by atoms with Gasteiger partial charge >= 0.3 is 0 Å². The highest BCUT2D eigenvalue weighted by atomic mass is 32.2. The second-order valence-corrected chi connectivity index (χ2v) is 8.92. The van der Waals surface area contributed by atoms with E-state index in [0.29, 0.717) is 17.8 Å². The smallest absolute Gasteiger partial charge is 0.240 e. The summed E-state index contributed by atoms with van der Waals surface area (Å²) in [5.41, 5.74) is 2.22. The van der Waals surface area contributed by atoms with Gasteiger partial charge in [-0.05, 0) is 56.1 Å². The molecule has 0 unspecified atom stereocenters. The Hall–Kier alpha value is -2.22. The van der Waals surface area contributed by atoms with Crippen LogP contribution in [0, 0.1) is 6.92 Å². The highest BCUT2D eigenvalue weighted by Crippen LogP contribution is 2.26. The Morgan fingerprint density at radius 1 is 1.11 bits per heavy atom. The van der Waals surface area contributed by atoms with Gasteiger partial charge in [0.05, 0.1) is 4.90 Å². The monoisotopic (exact) mass is 401 g/mol. The zero-order valence-electron chi connectivity index (χ0n) is 16.3. The Bertz CT molecular complexity index is 923. The van der Waals surface area contributed by atoms with Gasteiger partial charge in [-0.15, -0.1) is 0 Å². The van der Waals surface area contributed by atoms with Crippen LogP contribution in [0.4, 0.5) is 5.69 Å². The fraction of sp³-hybridized carbons (Fsp3) is 0.381. The van der Waals surface area contributed by atoms with Crippen molar-refractivity contribution in [3.63, 3.8) is 0 Å². The van der Waals surface area contributed by atoms with E-state index in [1.165, 1.54) is 13.0 Å². The van der Waals surface area contributed by atoms with E-state index in [0.717, 1.165) is 31.5 Å². The molecule has 7 heteroatoms. The predicted molar refractivity (Wildman–Crippen MR) is 111 cm³/mol. The molecule has 0 saturated carbocycles. The van der Waals surface area contributed by atoms with Gasteiger partial charge in [-0.3, -0.25) is 9.69 Å². The molecule has 2 N–H and O–H groups in total. The van der Waals surface area contributed by atoms with E-state index < -0.39 is 10.0 Å². The van der Waals surface area contributed by atoms with Gasteiger partial charge in [0, 0.05) is 25.2 Å². The summed E-state index contributed by atoms with van der Waals surface area (Å²) in [6, 6.07) is 14.9. The SMILES string of the molecule is CC(=O)Nc1ccc(C)c(S(=O)(=O)NC[C@@H](c2ccccc2)N2CCCC2)c1. The Labute approximate surface area is 167 Å². The lowest BCUT2D eigenvalue weighted by atomic mass is 10.1. The van der Waals surface area contributed by atoms with Crippen LogP contribution in [0.2, 0.25) is 0 Å². The normalized spacial score (nSPS) is 16.1. The van der Waals surface area contributed by atoms with E-state index in [4.69, 9.17) is 0 Å². The quantitative estimate of drug-likeness (QED) is 0.747. The number of carbonyl (C=O) groups excluding carboxylic acids is 1. The van der Waals surface area contributed by atoms with Crippen molar-refractivity contribution in [2.45, 2.75) is 37.6 Å². The maximum Gasteiger partial charge on any atom is 0.240 e. The first-order valence-corrected chi connectivity index (χ1v) is 11.0. The van der Waals surface area contributed by atoms with E-state index in [1.54, 1.807) is 19.1 Å². The molecular formula is C21H27N3O3S. The number of anilines is 1. The second-order valence-electron chi connectivity index (χ2n) is 7.18.